The first kappa shape index (κ1) is 29.5. The van der Waals surface area contributed by atoms with Crippen molar-refractivity contribution in [1.29, 1.82) is 5.41 Å². The summed E-state index contributed by atoms with van der Waals surface area (Å²) in [5.74, 6) is -0.333. The zero-order valence-electron chi connectivity index (χ0n) is 17.6. The molecule has 0 aromatic carbocycles. The zero-order chi connectivity index (χ0) is 18.7. The monoisotopic (exact) mass is 422 g/mol. The van der Waals surface area contributed by atoms with E-state index in [9.17, 15) is 0 Å². The Hall–Kier alpha value is -0.290. The number of nitrogens with zero attached hydrogens (tertiary/aromatic N) is 1. The SMILES string of the molecule is CCCCCCCCCCCCCCCC[N+](C)(C)C.N=C(N)N.[Br-]. The fraction of sp³-hybridized carbons (Fsp3) is 0.950. The second-order valence-electron chi connectivity index (χ2n) is 8.07. The van der Waals surface area contributed by atoms with Crippen LogP contribution in [0, 0.1) is 5.41 Å². The van der Waals surface area contributed by atoms with E-state index < -0.39 is 0 Å². The first-order valence-electron chi connectivity index (χ1n) is 10.2. The molecular weight excluding hydrogens is 376 g/mol. The van der Waals surface area contributed by atoms with Crippen LogP contribution in [0.25, 0.3) is 0 Å². The van der Waals surface area contributed by atoms with E-state index in [1.165, 1.54) is 96.4 Å². The van der Waals surface area contributed by atoms with Crippen molar-refractivity contribution in [2.24, 2.45) is 11.5 Å². The number of halogens is 1. The second-order valence-corrected chi connectivity index (χ2v) is 8.07. The summed E-state index contributed by atoms with van der Waals surface area (Å²) in [7, 11) is 6.88. The van der Waals surface area contributed by atoms with Crippen molar-refractivity contribution in [2.45, 2.75) is 96.8 Å². The fourth-order valence-corrected chi connectivity index (χ4v) is 2.78. The zero-order valence-corrected chi connectivity index (χ0v) is 19.2. The molecule has 0 unspecified atom stereocenters. The Labute approximate surface area is 169 Å². The normalized spacial score (nSPS) is 10.6. The predicted octanol–water partition coefficient (Wildman–Crippen LogP) is 2.02. The molecule has 0 fully saturated rings. The van der Waals surface area contributed by atoms with Crippen molar-refractivity contribution < 1.29 is 21.5 Å². The lowest BCUT2D eigenvalue weighted by Crippen LogP contribution is -3.00. The molecule has 0 rings (SSSR count). The molecule has 0 aliphatic carbocycles. The molecule has 0 amide bonds. The van der Waals surface area contributed by atoms with E-state index in [-0.39, 0.29) is 22.9 Å². The highest BCUT2D eigenvalue weighted by molar-refractivity contribution is 5.71. The van der Waals surface area contributed by atoms with Gasteiger partial charge in [-0.2, -0.15) is 0 Å². The Morgan fingerprint density at radius 1 is 0.640 bits per heavy atom. The highest BCUT2D eigenvalue weighted by Gasteiger charge is 2.04. The molecule has 0 bridgehead atoms. The summed E-state index contributed by atoms with van der Waals surface area (Å²) in [5.41, 5.74) is 8.94. The minimum atomic E-state index is -0.333. The Balaban J connectivity index is -0.000000867. The third-order valence-electron chi connectivity index (χ3n) is 4.18. The topological polar surface area (TPSA) is 75.9 Å². The van der Waals surface area contributed by atoms with E-state index in [1.807, 2.05) is 0 Å². The summed E-state index contributed by atoms with van der Waals surface area (Å²) >= 11 is 0. The molecule has 0 aliphatic rings. The molecule has 5 N–H and O–H groups in total. The van der Waals surface area contributed by atoms with Gasteiger partial charge >= 0.3 is 0 Å². The van der Waals surface area contributed by atoms with Crippen LogP contribution >= 0.6 is 0 Å². The average molecular weight is 424 g/mol. The lowest BCUT2D eigenvalue weighted by Gasteiger charge is -2.23. The van der Waals surface area contributed by atoms with Crippen molar-refractivity contribution in [3.8, 4) is 0 Å². The molecule has 0 aromatic rings. The summed E-state index contributed by atoms with van der Waals surface area (Å²) < 4.78 is 1.12. The fourth-order valence-electron chi connectivity index (χ4n) is 2.78. The highest BCUT2D eigenvalue weighted by Crippen LogP contribution is 2.13. The molecule has 0 atom stereocenters. The van der Waals surface area contributed by atoms with Gasteiger partial charge in [-0.25, -0.2) is 0 Å². The molecule has 154 valence electrons. The Morgan fingerprint density at radius 2 is 0.880 bits per heavy atom. The molecule has 0 saturated heterocycles. The number of nitrogens with two attached hydrogens (primary N) is 2. The van der Waals surface area contributed by atoms with Crippen LogP contribution in [-0.2, 0) is 0 Å². The first-order chi connectivity index (χ1) is 11.3. The molecule has 0 heterocycles. The molecule has 4 nitrogen and oxygen atoms in total. The van der Waals surface area contributed by atoms with Gasteiger partial charge in [0.25, 0.3) is 0 Å². The first-order valence-corrected chi connectivity index (χ1v) is 10.2. The van der Waals surface area contributed by atoms with Gasteiger partial charge in [0.2, 0.25) is 0 Å². The van der Waals surface area contributed by atoms with Gasteiger partial charge in [-0.15, -0.1) is 0 Å². The number of quaternary nitrogens is 1. The van der Waals surface area contributed by atoms with Crippen LogP contribution in [-0.4, -0.2) is 38.1 Å². The van der Waals surface area contributed by atoms with Gasteiger partial charge in [-0.1, -0.05) is 84.0 Å². The number of nitrogens with one attached hydrogen (secondary N) is 1. The highest BCUT2D eigenvalue weighted by atomic mass is 79.9. The molecule has 25 heavy (non-hydrogen) atoms. The largest absolute Gasteiger partial charge is 1.00 e. The lowest BCUT2D eigenvalue weighted by atomic mass is 10.0. The van der Waals surface area contributed by atoms with Crippen LogP contribution in [0.2, 0.25) is 0 Å². The molecule has 0 spiro atoms. The maximum Gasteiger partial charge on any atom is 0.183 e. The molecule has 0 aromatic heterocycles. The number of unbranched alkanes of at least 4 members (excludes halogenated alkanes) is 13. The summed E-state index contributed by atoms with van der Waals surface area (Å²) in [5, 5.41) is 6.06. The van der Waals surface area contributed by atoms with Gasteiger partial charge < -0.3 is 32.9 Å². The summed E-state index contributed by atoms with van der Waals surface area (Å²) in [6, 6.07) is 0. The van der Waals surface area contributed by atoms with Gasteiger partial charge in [0.1, 0.15) is 0 Å². The maximum absolute atomic E-state index is 6.06. The number of guanidine groups is 1. The number of hydrogen-bond acceptors (Lipinski definition) is 1. The van der Waals surface area contributed by atoms with E-state index >= 15 is 0 Å². The van der Waals surface area contributed by atoms with Crippen LogP contribution in [0.15, 0.2) is 0 Å². The van der Waals surface area contributed by atoms with Crippen molar-refractivity contribution >= 4 is 5.96 Å². The van der Waals surface area contributed by atoms with E-state index in [2.05, 4.69) is 39.5 Å². The number of rotatable bonds is 15. The van der Waals surface area contributed by atoms with Crippen LogP contribution < -0.4 is 28.4 Å². The molecule has 0 saturated carbocycles. The van der Waals surface area contributed by atoms with E-state index in [4.69, 9.17) is 5.41 Å². The van der Waals surface area contributed by atoms with Gasteiger partial charge in [0.05, 0.1) is 27.7 Å². The van der Waals surface area contributed by atoms with E-state index in [0.717, 1.165) is 4.48 Å². The Morgan fingerprint density at radius 3 is 1.12 bits per heavy atom. The summed E-state index contributed by atoms with van der Waals surface area (Å²) in [6.45, 7) is 3.63. The van der Waals surface area contributed by atoms with Crippen molar-refractivity contribution in [2.75, 3.05) is 27.7 Å². The Kier molecular flexibility index (Phi) is 25.6. The van der Waals surface area contributed by atoms with Crippen LogP contribution in [0.1, 0.15) is 96.8 Å². The molecule has 0 aliphatic heterocycles. The second kappa shape index (κ2) is 21.8. The summed E-state index contributed by atoms with van der Waals surface area (Å²) in [6.07, 6.45) is 20.4. The molecule has 0 radical (unpaired) electrons. The van der Waals surface area contributed by atoms with Crippen LogP contribution in [0.4, 0.5) is 0 Å². The van der Waals surface area contributed by atoms with Crippen LogP contribution in [0.3, 0.4) is 0 Å². The standard InChI is InChI=1S/C19H42N.CH5N3.BrH/c1-5-6-7-8-9-10-11-12-13-14-15-16-17-18-19-20(2,3)4;2-1(3)4;/h5-19H2,1-4H3;(H5,2,3,4);1H/q+1;;/p-1. The number of hydrogen-bond donors (Lipinski definition) is 3. The van der Waals surface area contributed by atoms with Gasteiger partial charge in [-0.3, -0.25) is 5.41 Å². The van der Waals surface area contributed by atoms with E-state index in [1.54, 1.807) is 0 Å². The van der Waals surface area contributed by atoms with E-state index in [0.29, 0.717) is 0 Å². The van der Waals surface area contributed by atoms with Crippen molar-refractivity contribution in [3.63, 3.8) is 0 Å². The quantitative estimate of drug-likeness (QED) is 0.163. The minimum absolute atomic E-state index is 0. The Bertz CT molecular complexity index is 261. The maximum atomic E-state index is 6.06. The summed E-state index contributed by atoms with van der Waals surface area (Å²) in [4.78, 5) is 0. The van der Waals surface area contributed by atoms with Crippen molar-refractivity contribution in [1.82, 2.24) is 0 Å². The third kappa shape index (κ3) is 40.0. The van der Waals surface area contributed by atoms with Crippen LogP contribution in [0.5, 0.6) is 0 Å². The third-order valence-corrected chi connectivity index (χ3v) is 4.18. The van der Waals surface area contributed by atoms with Gasteiger partial charge in [0, 0.05) is 0 Å². The predicted molar refractivity (Wildman–Crippen MR) is 109 cm³/mol. The minimum Gasteiger partial charge on any atom is -1.00 e. The molecular formula is C20H47BrN4. The van der Waals surface area contributed by atoms with Gasteiger partial charge in [0.15, 0.2) is 5.96 Å². The van der Waals surface area contributed by atoms with Crippen molar-refractivity contribution in [3.05, 3.63) is 0 Å². The smallest absolute Gasteiger partial charge is 0.183 e. The lowest BCUT2D eigenvalue weighted by molar-refractivity contribution is -0.870. The van der Waals surface area contributed by atoms with Gasteiger partial charge in [-0.05, 0) is 12.8 Å². The molecule has 5 heteroatoms. The average Bonchev–Trinajstić information content (AvgIpc) is 2.46.